The normalized spacial score (nSPS) is 12.0. The zero-order chi connectivity index (χ0) is 14.7. The van der Waals surface area contributed by atoms with Gasteiger partial charge in [0.05, 0.1) is 10.7 Å². The maximum Gasteiger partial charge on any atom is 0.413 e. The highest BCUT2D eigenvalue weighted by Gasteiger charge is 2.16. The number of benzene rings is 1. The van der Waals surface area contributed by atoms with Gasteiger partial charge in [0.1, 0.15) is 11.9 Å². The first-order valence-electron chi connectivity index (χ1n) is 5.88. The standard InChI is InChI=1S/C13H13BrClN3O2/c1-8(9-5-3-4-6-11(9)15)20-13(19)17-12-10(14)7-16-18(12)2/h3-8H,1-2H3,(H,17,19)/t8-/m1/s1. The van der Waals surface area contributed by atoms with Gasteiger partial charge in [0.2, 0.25) is 0 Å². The molecule has 1 aromatic heterocycles. The van der Waals surface area contributed by atoms with Gasteiger partial charge < -0.3 is 4.74 Å². The van der Waals surface area contributed by atoms with Crippen LogP contribution in [-0.4, -0.2) is 15.9 Å². The second kappa shape index (κ2) is 6.28. The Bertz CT molecular complexity index is 610. The van der Waals surface area contributed by atoms with Crippen LogP contribution in [0.2, 0.25) is 5.02 Å². The van der Waals surface area contributed by atoms with Gasteiger partial charge in [0.15, 0.2) is 0 Å². The second-order valence-electron chi connectivity index (χ2n) is 4.16. The number of aromatic nitrogens is 2. The summed E-state index contributed by atoms with van der Waals surface area (Å²) in [5, 5.41) is 7.19. The molecule has 106 valence electrons. The molecule has 20 heavy (non-hydrogen) atoms. The van der Waals surface area contributed by atoms with E-state index >= 15 is 0 Å². The van der Waals surface area contributed by atoms with E-state index in [0.29, 0.717) is 15.3 Å². The van der Waals surface area contributed by atoms with Crippen molar-refractivity contribution in [3.05, 3.63) is 45.5 Å². The van der Waals surface area contributed by atoms with Gasteiger partial charge in [0.25, 0.3) is 0 Å². The van der Waals surface area contributed by atoms with E-state index in [-0.39, 0.29) is 0 Å². The van der Waals surface area contributed by atoms with Crippen molar-refractivity contribution >= 4 is 39.4 Å². The number of hydrogen-bond donors (Lipinski definition) is 1. The fourth-order valence-electron chi connectivity index (χ4n) is 1.71. The van der Waals surface area contributed by atoms with E-state index in [1.54, 1.807) is 26.2 Å². The van der Waals surface area contributed by atoms with Gasteiger partial charge in [-0.05, 0) is 28.9 Å². The number of nitrogens with one attached hydrogen (secondary N) is 1. The molecule has 1 aromatic carbocycles. The number of amides is 1. The lowest BCUT2D eigenvalue weighted by Gasteiger charge is -2.15. The summed E-state index contributed by atoms with van der Waals surface area (Å²) < 4.78 is 7.52. The Balaban J connectivity index is 2.04. The molecule has 0 unspecified atom stereocenters. The summed E-state index contributed by atoms with van der Waals surface area (Å²) in [6.07, 6.45) is 0.574. The first-order chi connectivity index (χ1) is 9.49. The minimum atomic E-state index is -0.568. The lowest BCUT2D eigenvalue weighted by atomic mass is 10.1. The molecule has 5 nitrogen and oxygen atoms in total. The number of halogens is 2. The van der Waals surface area contributed by atoms with Crippen molar-refractivity contribution in [1.82, 2.24) is 9.78 Å². The van der Waals surface area contributed by atoms with Crippen LogP contribution in [0.4, 0.5) is 10.6 Å². The molecule has 1 N–H and O–H groups in total. The topological polar surface area (TPSA) is 56.1 Å². The van der Waals surface area contributed by atoms with E-state index in [2.05, 4.69) is 26.3 Å². The summed E-state index contributed by atoms with van der Waals surface area (Å²) >= 11 is 9.36. The summed E-state index contributed by atoms with van der Waals surface area (Å²) in [4.78, 5) is 11.9. The number of nitrogens with zero attached hydrogens (tertiary/aromatic N) is 2. The van der Waals surface area contributed by atoms with Crippen LogP contribution in [0.15, 0.2) is 34.9 Å². The van der Waals surface area contributed by atoms with Gasteiger partial charge in [-0.15, -0.1) is 0 Å². The summed E-state index contributed by atoms with van der Waals surface area (Å²) in [6, 6.07) is 7.24. The predicted octanol–water partition coefficient (Wildman–Crippen LogP) is 4.15. The molecule has 2 rings (SSSR count). The molecule has 0 aliphatic rings. The Labute approximate surface area is 130 Å². The third-order valence-corrected chi connectivity index (χ3v) is 3.67. The van der Waals surface area contributed by atoms with E-state index in [0.717, 1.165) is 5.56 Å². The molecule has 7 heteroatoms. The summed E-state index contributed by atoms with van der Waals surface area (Å²) in [6.45, 7) is 1.76. The number of aryl methyl sites for hydroxylation is 1. The van der Waals surface area contributed by atoms with Crippen LogP contribution in [-0.2, 0) is 11.8 Å². The number of anilines is 1. The van der Waals surface area contributed by atoms with Crippen LogP contribution in [0.5, 0.6) is 0 Å². The van der Waals surface area contributed by atoms with Gasteiger partial charge in [-0.2, -0.15) is 5.10 Å². The zero-order valence-electron chi connectivity index (χ0n) is 10.9. The SMILES string of the molecule is C[C@@H](OC(=O)Nc1c(Br)cnn1C)c1ccccc1Cl. The monoisotopic (exact) mass is 357 g/mol. The van der Waals surface area contributed by atoms with Crippen LogP contribution in [0.1, 0.15) is 18.6 Å². The summed E-state index contributed by atoms with van der Waals surface area (Å²) in [5.74, 6) is 0.529. The minimum absolute atomic E-state index is 0.448. The average Bonchev–Trinajstić information content (AvgIpc) is 2.71. The Kier molecular flexibility index (Phi) is 4.67. The highest BCUT2D eigenvalue weighted by atomic mass is 79.9. The Morgan fingerprint density at radius 3 is 2.80 bits per heavy atom. The van der Waals surface area contributed by atoms with Crippen LogP contribution in [0.3, 0.4) is 0 Å². The Hall–Kier alpha value is -1.53. The average molecular weight is 359 g/mol. The van der Waals surface area contributed by atoms with E-state index in [1.807, 2.05) is 18.2 Å². The number of hydrogen-bond acceptors (Lipinski definition) is 3. The van der Waals surface area contributed by atoms with Crippen molar-refractivity contribution in [3.8, 4) is 0 Å². The first kappa shape index (κ1) is 14.9. The van der Waals surface area contributed by atoms with Gasteiger partial charge in [-0.1, -0.05) is 29.8 Å². The first-order valence-corrected chi connectivity index (χ1v) is 7.05. The molecule has 0 saturated heterocycles. The van der Waals surface area contributed by atoms with Crippen LogP contribution >= 0.6 is 27.5 Å². The maximum atomic E-state index is 11.9. The lowest BCUT2D eigenvalue weighted by Crippen LogP contribution is -2.18. The summed E-state index contributed by atoms with van der Waals surface area (Å²) in [5.41, 5.74) is 0.758. The number of rotatable bonds is 3. The largest absolute Gasteiger partial charge is 0.441 e. The third-order valence-electron chi connectivity index (χ3n) is 2.74. The highest BCUT2D eigenvalue weighted by molar-refractivity contribution is 9.10. The highest BCUT2D eigenvalue weighted by Crippen LogP contribution is 2.26. The van der Waals surface area contributed by atoms with E-state index in [1.165, 1.54) is 4.68 Å². The Morgan fingerprint density at radius 2 is 2.20 bits per heavy atom. The summed E-state index contributed by atoms with van der Waals surface area (Å²) in [7, 11) is 1.72. The molecule has 0 radical (unpaired) electrons. The van der Waals surface area contributed by atoms with Crippen molar-refractivity contribution in [3.63, 3.8) is 0 Å². The van der Waals surface area contributed by atoms with Gasteiger partial charge >= 0.3 is 6.09 Å². The molecule has 2 aromatic rings. The van der Waals surface area contributed by atoms with E-state index in [9.17, 15) is 4.79 Å². The van der Waals surface area contributed by atoms with Gasteiger partial charge in [-0.25, -0.2) is 4.79 Å². The number of carbonyl (C=O) groups is 1. The van der Waals surface area contributed by atoms with Crippen LogP contribution in [0, 0.1) is 0 Å². The molecule has 1 atom stereocenters. The van der Waals surface area contributed by atoms with E-state index < -0.39 is 12.2 Å². The van der Waals surface area contributed by atoms with Crippen molar-refractivity contribution < 1.29 is 9.53 Å². The fraction of sp³-hybridized carbons (Fsp3) is 0.231. The van der Waals surface area contributed by atoms with Gasteiger partial charge in [0, 0.05) is 17.6 Å². The number of ether oxygens (including phenoxy) is 1. The molecule has 1 heterocycles. The van der Waals surface area contributed by atoms with Crippen molar-refractivity contribution in [2.24, 2.45) is 7.05 Å². The maximum absolute atomic E-state index is 11.9. The van der Waals surface area contributed by atoms with Crippen LogP contribution < -0.4 is 5.32 Å². The Morgan fingerprint density at radius 1 is 1.50 bits per heavy atom. The van der Waals surface area contributed by atoms with Crippen molar-refractivity contribution in [2.75, 3.05) is 5.32 Å². The zero-order valence-corrected chi connectivity index (χ0v) is 13.3. The molecule has 0 bridgehead atoms. The smallest absolute Gasteiger partial charge is 0.413 e. The molecule has 1 amide bonds. The molecule has 0 saturated carbocycles. The quantitative estimate of drug-likeness (QED) is 0.897. The second-order valence-corrected chi connectivity index (χ2v) is 5.42. The molecule has 0 fully saturated rings. The molecular weight excluding hydrogens is 346 g/mol. The predicted molar refractivity (Wildman–Crippen MR) is 80.9 cm³/mol. The fourth-order valence-corrected chi connectivity index (χ4v) is 2.44. The molecule has 0 aliphatic carbocycles. The lowest BCUT2D eigenvalue weighted by molar-refractivity contribution is 0.121. The molecule has 0 aliphatic heterocycles. The van der Waals surface area contributed by atoms with Gasteiger partial charge in [-0.3, -0.25) is 10.00 Å². The van der Waals surface area contributed by atoms with Crippen LogP contribution in [0.25, 0.3) is 0 Å². The van der Waals surface area contributed by atoms with E-state index in [4.69, 9.17) is 16.3 Å². The molecular formula is C13H13BrClN3O2. The minimum Gasteiger partial charge on any atom is -0.441 e. The van der Waals surface area contributed by atoms with Crippen molar-refractivity contribution in [1.29, 1.82) is 0 Å². The number of carbonyl (C=O) groups excluding carboxylic acids is 1. The molecule has 0 spiro atoms. The van der Waals surface area contributed by atoms with Crippen molar-refractivity contribution in [2.45, 2.75) is 13.0 Å². The third kappa shape index (κ3) is 3.32.